The third-order valence-electron chi connectivity index (χ3n) is 3.63. The minimum Gasteiger partial charge on any atom is -0.301 e. The maximum absolute atomic E-state index is 2.63. The Bertz CT molecular complexity index is 151. The first kappa shape index (κ1) is 11.0. The summed E-state index contributed by atoms with van der Waals surface area (Å²) in [5.74, 6) is 2.68. The zero-order valence-corrected chi connectivity index (χ0v) is 9.88. The normalized spacial score (nSPS) is 31.6. The fourth-order valence-corrected chi connectivity index (χ4v) is 2.46. The van der Waals surface area contributed by atoms with E-state index in [0.29, 0.717) is 0 Å². The lowest BCUT2D eigenvalue weighted by atomic mass is 9.79. The molecule has 0 aromatic heterocycles. The van der Waals surface area contributed by atoms with Gasteiger partial charge in [0.05, 0.1) is 0 Å². The second kappa shape index (κ2) is 4.45. The molecule has 0 N–H and O–H groups in total. The zero-order valence-electron chi connectivity index (χ0n) is 9.88. The molecule has 1 fully saturated rings. The molecule has 78 valence electrons. The van der Waals surface area contributed by atoms with E-state index in [1.165, 1.54) is 19.5 Å². The Morgan fingerprint density at radius 1 is 1.15 bits per heavy atom. The summed E-state index contributed by atoms with van der Waals surface area (Å²) in [5.41, 5.74) is 0. The van der Waals surface area contributed by atoms with E-state index < -0.39 is 0 Å². The molecule has 1 aliphatic heterocycles. The highest BCUT2D eigenvalue weighted by Crippen LogP contribution is 2.29. The molecule has 0 spiro atoms. The van der Waals surface area contributed by atoms with E-state index in [9.17, 15) is 0 Å². The summed E-state index contributed by atoms with van der Waals surface area (Å²) in [4.78, 5) is 2.63. The Kier molecular flexibility index (Phi) is 3.78. The van der Waals surface area contributed by atoms with Crippen molar-refractivity contribution in [3.05, 3.63) is 0 Å². The largest absolute Gasteiger partial charge is 0.301 e. The number of hydrogen-bond donors (Lipinski definition) is 0. The van der Waals surface area contributed by atoms with Crippen molar-refractivity contribution in [2.75, 3.05) is 13.1 Å². The van der Waals surface area contributed by atoms with Gasteiger partial charge in [-0.3, -0.25) is 0 Å². The third-order valence-corrected chi connectivity index (χ3v) is 3.63. The molecule has 0 bridgehead atoms. The highest BCUT2D eigenvalue weighted by molar-refractivity contribution is 4.81. The summed E-state index contributed by atoms with van der Waals surface area (Å²) >= 11 is 0. The second-order valence-electron chi connectivity index (χ2n) is 5.26. The van der Waals surface area contributed by atoms with Gasteiger partial charge in [0.2, 0.25) is 0 Å². The molecule has 2 unspecified atom stereocenters. The highest BCUT2D eigenvalue weighted by atomic mass is 15.2. The fourth-order valence-electron chi connectivity index (χ4n) is 2.46. The molecule has 1 nitrogen and oxygen atoms in total. The fraction of sp³-hybridized carbons (Fsp3) is 1.00. The maximum atomic E-state index is 2.63. The van der Waals surface area contributed by atoms with Gasteiger partial charge in [-0.05, 0) is 44.6 Å². The summed E-state index contributed by atoms with van der Waals surface area (Å²) < 4.78 is 0. The first-order valence-corrected chi connectivity index (χ1v) is 5.76. The second-order valence-corrected chi connectivity index (χ2v) is 5.26. The first-order chi connectivity index (χ1) is 6.02. The molecule has 1 heteroatoms. The lowest BCUT2D eigenvalue weighted by Crippen LogP contribution is -2.44. The predicted octanol–water partition coefficient (Wildman–Crippen LogP) is 3.01. The minimum atomic E-state index is 0.730. The van der Waals surface area contributed by atoms with Crippen molar-refractivity contribution in [2.24, 2.45) is 17.8 Å². The first-order valence-electron chi connectivity index (χ1n) is 5.76. The number of rotatable bonds is 2. The Morgan fingerprint density at radius 2 is 1.77 bits per heavy atom. The van der Waals surface area contributed by atoms with Gasteiger partial charge in [0, 0.05) is 12.6 Å². The lowest BCUT2D eigenvalue weighted by Gasteiger charge is -2.41. The van der Waals surface area contributed by atoms with Crippen molar-refractivity contribution in [2.45, 2.75) is 47.1 Å². The SMILES string of the molecule is CC(C)C1CN(C(C)C)CCC1C. The van der Waals surface area contributed by atoms with Gasteiger partial charge < -0.3 is 4.90 Å². The number of hydrogen-bond acceptors (Lipinski definition) is 1. The van der Waals surface area contributed by atoms with E-state index >= 15 is 0 Å². The smallest absolute Gasteiger partial charge is 0.00387 e. The molecular weight excluding hydrogens is 158 g/mol. The van der Waals surface area contributed by atoms with Crippen LogP contribution >= 0.6 is 0 Å². The molecule has 0 saturated carbocycles. The molecule has 1 heterocycles. The number of likely N-dealkylation sites (tertiary alicyclic amines) is 1. The van der Waals surface area contributed by atoms with Crippen LogP contribution in [0.15, 0.2) is 0 Å². The highest BCUT2D eigenvalue weighted by Gasteiger charge is 2.28. The summed E-state index contributed by atoms with van der Waals surface area (Å²) in [6.45, 7) is 14.4. The van der Waals surface area contributed by atoms with Crippen LogP contribution in [0.25, 0.3) is 0 Å². The quantitative estimate of drug-likeness (QED) is 0.636. The van der Waals surface area contributed by atoms with Crippen molar-refractivity contribution in [1.29, 1.82) is 0 Å². The molecule has 0 aromatic rings. The van der Waals surface area contributed by atoms with Crippen LogP contribution in [0.1, 0.15) is 41.0 Å². The molecular formula is C12H25N. The van der Waals surface area contributed by atoms with Gasteiger partial charge in [0.25, 0.3) is 0 Å². The molecule has 0 radical (unpaired) electrons. The van der Waals surface area contributed by atoms with E-state index in [1.807, 2.05) is 0 Å². The van der Waals surface area contributed by atoms with Gasteiger partial charge in [-0.15, -0.1) is 0 Å². The Labute approximate surface area is 83.5 Å². The van der Waals surface area contributed by atoms with Crippen LogP contribution in [-0.4, -0.2) is 24.0 Å². The zero-order chi connectivity index (χ0) is 10.0. The van der Waals surface area contributed by atoms with Gasteiger partial charge in [-0.2, -0.15) is 0 Å². The van der Waals surface area contributed by atoms with Crippen LogP contribution in [0, 0.1) is 17.8 Å². The number of nitrogens with zero attached hydrogens (tertiary/aromatic N) is 1. The molecule has 1 saturated heterocycles. The Hall–Kier alpha value is -0.0400. The third kappa shape index (κ3) is 2.70. The Morgan fingerprint density at radius 3 is 2.23 bits per heavy atom. The van der Waals surface area contributed by atoms with E-state index in [4.69, 9.17) is 0 Å². The monoisotopic (exact) mass is 183 g/mol. The van der Waals surface area contributed by atoms with Crippen molar-refractivity contribution >= 4 is 0 Å². The van der Waals surface area contributed by atoms with Crippen LogP contribution in [0.2, 0.25) is 0 Å². The van der Waals surface area contributed by atoms with Crippen LogP contribution in [0.5, 0.6) is 0 Å². The van der Waals surface area contributed by atoms with Crippen molar-refractivity contribution in [3.63, 3.8) is 0 Å². The van der Waals surface area contributed by atoms with Crippen LogP contribution < -0.4 is 0 Å². The summed E-state index contributed by atoms with van der Waals surface area (Å²) in [5, 5.41) is 0. The molecule has 13 heavy (non-hydrogen) atoms. The van der Waals surface area contributed by atoms with E-state index in [-0.39, 0.29) is 0 Å². The topological polar surface area (TPSA) is 3.24 Å². The van der Waals surface area contributed by atoms with Gasteiger partial charge in [0.1, 0.15) is 0 Å². The summed E-state index contributed by atoms with van der Waals surface area (Å²) in [6.07, 6.45) is 1.39. The average Bonchev–Trinajstić information content (AvgIpc) is 2.04. The van der Waals surface area contributed by atoms with E-state index in [2.05, 4.69) is 39.5 Å². The summed E-state index contributed by atoms with van der Waals surface area (Å²) in [7, 11) is 0. The molecule has 1 aliphatic rings. The predicted molar refractivity (Wildman–Crippen MR) is 58.8 cm³/mol. The van der Waals surface area contributed by atoms with E-state index in [0.717, 1.165) is 23.8 Å². The summed E-state index contributed by atoms with van der Waals surface area (Å²) in [6, 6.07) is 0.730. The van der Waals surface area contributed by atoms with Gasteiger partial charge in [-0.1, -0.05) is 20.8 Å². The van der Waals surface area contributed by atoms with Crippen molar-refractivity contribution in [3.8, 4) is 0 Å². The Balaban J connectivity index is 2.53. The van der Waals surface area contributed by atoms with Gasteiger partial charge >= 0.3 is 0 Å². The van der Waals surface area contributed by atoms with Crippen LogP contribution in [0.3, 0.4) is 0 Å². The maximum Gasteiger partial charge on any atom is 0.00387 e. The molecule has 0 aliphatic carbocycles. The minimum absolute atomic E-state index is 0.730. The van der Waals surface area contributed by atoms with Gasteiger partial charge in [-0.25, -0.2) is 0 Å². The number of piperidine rings is 1. The molecule has 1 rings (SSSR count). The average molecular weight is 183 g/mol. The van der Waals surface area contributed by atoms with Crippen LogP contribution in [0.4, 0.5) is 0 Å². The molecule has 0 aromatic carbocycles. The van der Waals surface area contributed by atoms with Crippen molar-refractivity contribution < 1.29 is 0 Å². The van der Waals surface area contributed by atoms with Crippen LogP contribution in [-0.2, 0) is 0 Å². The van der Waals surface area contributed by atoms with E-state index in [1.54, 1.807) is 0 Å². The molecule has 0 amide bonds. The lowest BCUT2D eigenvalue weighted by molar-refractivity contribution is 0.0758. The molecule has 2 atom stereocenters. The van der Waals surface area contributed by atoms with Crippen molar-refractivity contribution in [1.82, 2.24) is 4.90 Å². The van der Waals surface area contributed by atoms with Gasteiger partial charge in [0.15, 0.2) is 0 Å². The standard InChI is InChI=1S/C12H25N/c1-9(2)12-8-13(10(3)4)7-6-11(12)5/h9-12H,6-8H2,1-5H3.